The third kappa shape index (κ3) is 4.09. The van der Waals surface area contributed by atoms with Crippen LogP contribution < -0.4 is 20.1 Å². The van der Waals surface area contributed by atoms with E-state index >= 15 is 0 Å². The lowest BCUT2D eigenvalue weighted by molar-refractivity contribution is -0.125. The standard InChI is InChI=1S/C21H19FN4O4/c1-12-7-19(26(2)25-12)24-20(27)13-8-14(22)10-15(9-13)23-21(28)18-11-29-16-5-3-4-6-17(16)30-18/h3-10,18H,11H2,1-2H3,(H,23,28)(H,24,27). The molecule has 0 aliphatic carbocycles. The van der Waals surface area contributed by atoms with Gasteiger partial charge in [0.15, 0.2) is 11.5 Å². The molecule has 0 saturated heterocycles. The zero-order valence-electron chi connectivity index (χ0n) is 16.3. The molecule has 9 heteroatoms. The maximum Gasteiger partial charge on any atom is 0.269 e. The highest BCUT2D eigenvalue weighted by Crippen LogP contribution is 2.31. The van der Waals surface area contributed by atoms with Gasteiger partial charge in [0.2, 0.25) is 6.10 Å². The molecule has 1 atom stereocenters. The van der Waals surface area contributed by atoms with Gasteiger partial charge in [0.1, 0.15) is 18.2 Å². The molecule has 8 nitrogen and oxygen atoms in total. The largest absolute Gasteiger partial charge is 0.485 e. The molecule has 0 radical (unpaired) electrons. The maximum atomic E-state index is 14.1. The van der Waals surface area contributed by atoms with Crippen LogP contribution in [0.1, 0.15) is 16.1 Å². The predicted molar refractivity (Wildman–Crippen MR) is 107 cm³/mol. The number of aryl methyl sites for hydroxylation is 2. The van der Waals surface area contributed by atoms with Gasteiger partial charge in [-0.15, -0.1) is 0 Å². The van der Waals surface area contributed by atoms with E-state index in [1.54, 1.807) is 44.3 Å². The van der Waals surface area contributed by atoms with Crippen molar-refractivity contribution in [2.45, 2.75) is 13.0 Å². The number of fused-ring (bicyclic) bond motifs is 1. The van der Waals surface area contributed by atoms with E-state index < -0.39 is 23.7 Å². The Bertz CT molecular complexity index is 1130. The molecule has 2 heterocycles. The molecular formula is C21H19FN4O4. The second-order valence-electron chi connectivity index (χ2n) is 6.83. The van der Waals surface area contributed by atoms with Crippen LogP contribution in [0.3, 0.4) is 0 Å². The number of ether oxygens (including phenoxy) is 2. The van der Waals surface area contributed by atoms with Crippen LogP contribution in [0.15, 0.2) is 48.5 Å². The summed E-state index contributed by atoms with van der Waals surface area (Å²) in [7, 11) is 1.68. The first kappa shape index (κ1) is 19.4. The highest BCUT2D eigenvalue weighted by molar-refractivity contribution is 6.05. The molecule has 2 N–H and O–H groups in total. The number of aromatic nitrogens is 2. The Labute approximate surface area is 171 Å². The fourth-order valence-corrected chi connectivity index (χ4v) is 3.08. The number of hydrogen-bond acceptors (Lipinski definition) is 5. The summed E-state index contributed by atoms with van der Waals surface area (Å²) in [6.45, 7) is 1.81. The molecule has 1 aliphatic rings. The van der Waals surface area contributed by atoms with Gasteiger partial charge in [-0.25, -0.2) is 4.39 Å². The minimum Gasteiger partial charge on any atom is -0.485 e. The van der Waals surface area contributed by atoms with E-state index in [2.05, 4.69) is 15.7 Å². The Morgan fingerprint density at radius 1 is 1.13 bits per heavy atom. The van der Waals surface area contributed by atoms with Crippen molar-refractivity contribution in [2.24, 2.45) is 7.05 Å². The van der Waals surface area contributed by atoms with Gasteiger partial charge >= 0.3 is 0 Å². The number of nitrogens with zero attached hydrogens (tertiary/aromatic N) is 2. The van der Waals surface area contributed by atoms with Crippen LogP contribution in [-0.4, -0.2) is 34.3 Å². The van der Waals surface area contributed by atoms with Crippen molar-refractivity contribution in [3.05, 3.63) is 65.6 Å². The monoisotopic (exact) mass is 410 g/mol. The molecule has 30 heavy (non-hydrogen) atoms. The van der Waals surface area contributed by atoms with E-state index in [1.165, 1.54) is 10.7 Å². The van der Waals surface area contributed by atoms with Crippen LogP contribution in [0.5, 0.6) is 11.5 Å². The molecule has 0 saturated carbocycles. The number of rotatable bonds is 4. The molecule has 1 aliphatic heterocycles. The van der Waals surface area contributed by atoms with Crippen molar-refractivity contribution in [1.29, 1.82) is 0 Å². The van der Waals surface area contributed by atoms with Crippen molar-refractivity contribution >= 4 is 23.3 Å². The average molecular weight is 410 g/mol. The molecule has 3 aromatic rings. The molecule has 0 fully saturated rings. The third-order valence-corrected chi connectivity index (χ3v) is 4.47. The Kier molecular flexibility index (Phi) is 5.09. The SMILES string of the molecule is Cc1cc(NC(=O)c2cc(F)cc(NC(=O)C3COc4ccccc4O3)c2)n(C)n1. The van der Waals surface area contributed by atoms with Gasteiger partial charge in [-0.3, -0.25) is 14.3 Å². The summed E-state index contributed by atoms with van der Waals surface area (Å²) in [6, 6.07) is 12.3. The van der Waals surface area contributed by atoms with Crippen LogP contribution >= 0.6 is 0 Å². The number of hydrogen-bond donors (Lipinski definition) is 2. The van der Waals surface area contributed by atoms with Gasteiger partial charge in [-0.1, -0.05) is 12.1 Å². The van der Waals surface area contributed by atoms with Gasteiger partial charge in [0.05, 0.1) is 5.69 Å². The summed E-state index contributed by atoms with van der Waals surface area (Å²) in [5.74, 6) is -0.224. The van der Waals surface area contributed by atoms with Crippen molar-refractivity contribution in [3.63, 3.8) is 0 Å². The van der Waals surface area contributed by atoms with E-state index in [9.17, 15) is 14.0 Å². The van der Waals surface area contributed by atoms with Crippen LogP contribution in [0, 0.1) is 12.7 Å². The van der Waals surface area contributed by atoms with Crippen LogP contribution in [0.4, 0.5) is 15.9 Å². The van der Waals surface area contributed by atoms with E-state index in [-0.39, 0.29) is 17.9 Å². The first-order chi connectivity index (χ1) is 14.4. The molecule has 1 unspecified atom stereocenters. The summed E-state index contributed by atoms with van der Waals surface area (Å²) in [5, 5.41) is 9.39. The second kappa shape index (κ2) is 7.86. The van der Waals surface area contributed by atoms with Gasteiger partial charge in [0, 0.05) is 24.4 Å². The molecular weight excluding hydrogens is 391 g/mol. The highest BCUT2D eigenvalue weighted by Gasteiger charge is 2.27. The van der Waals surface area contributed by atoms with Crippen molar-refractivity contribution in [3.8, 4) is 11.5 Å². The Morgan fingerprint density at radius 2 is 1.90 bits per heavy atom. The number of carbonyl (C=O) groups excluding carboxylic acids is 2. The van der Waals surface area contributed by atoms with E-state index in [0.717, 1.165) is 17.8 Å². The van der Waals surface area contributed by atoms with Gasteiger partial charge in [-0.2, -0.15) is 5.10 Å². The van der Waals surface area contributed by atoms with Gasteiger partial charge in [-0.05, 0) is 37.3 Å². The van der Waals surface area contributed by atoms with Gasteiger partial charge in [0.25, 0.3) is 11.8 Å². The third-order valence-electron chi connectivity index (χ3n) is 4.47. The molecule has 2 amide bonds. The Morgan fingerprint density at radius 3 is 2.63 bits per heavy atom. The molecule has 0 spiro atoms. The van der Waals surface area contributed by atoms with Crippen LogP contribution in [0.2, 0.25) is 0 Å². The number of para-hydroxylation sites is 2. The predicted octanol–water partition coefficient (Wildman–Crippen LogP) is 2.90. The highest BCUT2D eigenvalue weighted by atomic mass is 19.1. The fraction of sp³-hybridized carbons (Fsp3) is 0.190. The summed E-state index contributed by atoms with van der Waals surface area (Å²) >= 11 is 0. The van der Waals surface area contributed by atoms with Gasteiger partial charge < -0.3 is 20.1 Å². The number of anilines is 2. The summed E-state index contributed by atoms with van der Waals surface area (Å²) in [5.41, 5.74) is 0.917. The Balaban J connectivity index is 1.47. The molecule has 154 valence electrons. The average Bonchev–Trinajstić information content (AvgIpc) is 3.03. The lowest BCUT2D eigenvalue weighted by atomic mass is 10.1. The van der Waals surface area contributed by atoms with E-state index in [1.807, 2.05) is 0 Å². The van der Waals surface area contributed by atoms with E-state index in [0.29, 0.717) is 17.3 Å². The van der Waals surface area contributed by atoms with Crippen LogP contribution in [-0.2, 0) is 11.8 Å². The molecule has 0 bridgehead atoms. The zero-order chi connectivity index (χ0) is 21.3. The lowest BCUT2D eigenvalue weighted by Gasteiger charge is -2.25. The minimum atomic E-state index is -0.905. The van der Waals surface area contributed by atoms with Crippen LogP contribution in [0.25, 0.3) is 0 Å². The maximum absolute atomic E-state index is 14.1. The molecule has 4 rings (SSSR count). The number of nitrogens with one attached hydrogen (secondary N) is 2. The smallest absolute Gasteiger partial charge is 0.269 e. The number of halogens is 1. The van der Waals surface area contributed by atoms with Crippen molar-refractivity contribution in [2.75, 3.05) is 17.2 Å². The lowest BCUT2D eigenvalue weighted by Crippen LogP contribution is -2.40. The summed E-state index contributed by atoms with van der Waals surface area (Å²) in [6.07, 6.45) is -0.905. The topological polar surface area (TPSA) is 94.5 Å². The number of amides is 2. The number of carbonyl (C=O) groups is 2. The number of benzene rings is 2. The molecule has 1 aromatic heterocycles. The van der Waals surface area contributed by atoms with E-state index in [4.69, 9.17) is 9.47 Å². The zero-order valence-corrected chi connectivity index (χ0v) is 16.3. The Hall–Kier alpha value is -3.88. The molecule has 2 aromatic carbocycles. The summed E-state index contributed by atoms with van der Waals surface area (Å²) in [4.78, 5) is 25.1. The fourth-order valence-electron chi connectivity index (χ4n) is 3.08. The van der Waals surface area contributed by atoms with Crippen molar-refractivity contribution in [1.82, 2.24) is 9.78 Å². The summed E-state index contributed by atoms with van der Waals surface area (Å²) < 4.78 is 26.8. The normalized spacial score (nSPS) is 14.8. The second-order valence-corrected chi connectivity index (χ2v) is 6.83. The van der Waals surface area contributed by atoms with Crippen molar-refractivity contribution < 1.29 is 23.5 Å². The minimum absolute atomic E-state index is 0.0192. The first-order valence-corrected chi connectivity index (χ1v) is 9.21. The quantitative estimate of drug-likeness (QED) is 0.690. The first-order valence-electron chi connectivity index (χ1n) is 9.21.